The van der Waals surface area contributed by atoms with Crippen LogP contribution >= 0.6 is 0 Å². The van der Waals surface area contributed by atoms with Gasteiger partial charge in [-0.1, -0.05) is 18.2 Å². The van der Waals surface area contributed by atoms with Crippen LogP contribution in [0.5, 0.6) is 5.75 Å². The number of amides is 2. The number of hydrogen-bond acceptors (Lipinski definition) is 6. The minimum Gasteiger partial charge on any atom is -0.496 e. The molecule has 1 unspecified atom stereocenters. The number of nitrogens with zero attached hydrogens (tertiary/aromatic N) is 1. The lowest BCUT2D eigenvalue weighted by Crippen LogP contribution is -2.49. The first-order chi connectivity index (χ1) is 13.1. The molecule has 1 saturated heterocycles. The lowest BCUT2D eigenvalue weighted by molar-refractivity contribution is -0.139. The second-order valence-electron chi connectivity index (χ2n) is 6.27. The molecule has 0 saturated carbocycles. The summed E-state index contributed by atoms with van der Waals surface area (Å²) in [5, 5.41) is 5.63. The molecule has 0 aliphatic carbocycles. The molecule has 0 spiro atoms. The second-order valence-corrected chi connectivity index (χ2v) is 6.27. The van der Waals surface area contributed by atoms with Gasteiger partial charge in [-0.25, -0.2) is 9.59 Å². The number of esters is 1. The van der Waals surface area contributed by atoms with Crippen LogP contribution < -0.4 is 15.4 Å². The second kappa shape index (κ2) is 8.88. The smallest absolute Gasteiger partial charge is 0.338 e. The highest BCUT2D eigenvalue weighted by Gasteiger charge is 2.35. The molecule has 146 valence electrons. The molecule has 2 amide bonds. The van der Waals surface area contributed by atoms with E-state index >= 15 is 0 Å². The van der Waals surface area contributed by atoms with Crippen LogP contribution in [0.4, 0.5) is 4.79 Å². The third-order valence-electron chi connectivity index (χ3n) is 4.58. The van der Waals surface area contributed by atoms with E-state index in [4.69, 9.17) is 14.2 Å². The molecule has 2 N–H and O–H groups in total. The summed E-state index contributed by atoms with van der Waals surface area (Å²) < 4.78 is 16.1. The number of ether oxygens (including phenoxy) is 3. The van der Waals surface area contributed by atoms with Gasteiger partial charge in [-0.3, -0.25) is 4.90 Å². The van der Waals surface area contributed by atoms with Crippen molar-refractivity contribution in [2.45, 2.75) is 13.0 Å². The van der Waals surface area contributed by atoms with Gasteiger partial charge in [0, 0.05) is 30.9 Å². The number of hydrogen-bond donors (Lipinski definition) is 2. The van der Waals surface area contributed by atoms with Gasteiger partial charge >= 0.3 is 12.0 Å². The van der Waals surface area contributed by atoms with E-state index < -0.39 is 12.0 Å². The van der Waals surface area contributed by atoms with E-state index in [0.717, 1.165) is 13.1 Å². The molecule has 27 heavy (non-hydrogen) atoms. The number of urea groups is 1. The summed E-state index contributed by atoms with van der Waals surface area (Å²) in [4.78, 5) is 27.3. The predicted molar refractivity (Wildman–Crippen MR) is 98.3 cm³/mol. The molecule has 1 atom stereocenters. The molecule has 3 rings (SSSR count). The van der Waals surface area contributed by atoms with Gasteiger partial charge in [-0.15, -0.1) is 0 Å². The van der Waals surface area contributed by atoms with Gasteiger partial charge in [0.05, 0.1) is 38.5 Å². The third-order valence-corrected chi connectivity index (χ3v) is 4.58. The lowest BCUT2D eigenvalue weighted by Gasteiger charge is -2.33. The molecule has 1 aromatic rings. The van der Waals surface area contributed by atoms with Crippen LogP contribution in [0.2, 0.25) is 0 Å². The maximum atomic E-state index is 12.8. The summed E-state index contributed by atoms with van der Waals surface area (Å²) in [6.45, 7) is 5.18. The van der Waals surface area contributed by atoms with E-state index in [1.54, 1.807) is 20.1 Å². The lowest BCUT2D eigenvalue weighted by atomic mass is 9.94. The average molecular weight is 375 g/mol. The third kappa shape index (κ3) is 4.40. The summed E-state index contributed by atoms with van der Waals surface area (Å²) in [6, 6.07) is 6.31. The number of nitrogens with one attached hydrogen (secondary N) is 2. The van der Waals surface area contributed by atoms with Crippen molar-refractivity contribution in [2.24, 2.45) is 0 Å². The first kappa shape index (κ1) is 19.2. The van der Waals surface area contributed by atoms with Crippen molar-refractivity contribution in [1.82, 2.24) is 15.5 Å². The van der Waals surface area contributed by atoms with Crippen LogP contribution in [-0.2, 0) is 14.3 Å². The molecule has 2 aliphatic heterocycles. The van der Waals surface area contributed by atoms with Crippen molar-refractivity contribution in [3.8, 4) is 5.75 Å². The first-order valence-corrected chi connectivity index (χ1v) is 9.04. The highest BCUT2D eigenvalue weighted by molar-refractivity contribution is 5.95. The Labute approximate surface area is 158 Å². The van der Waals surface area contributed by atoms with Gasteiger partial charge in [-0.2, -0.15) is 0 Å². The van der Waals surface area contributed by atoms with Crippen molar-refractivity contribution in [2.75, 3.05) is 46.6 Å². The summed E-state index contributed by atoms with van der Waals surface area (Å²) in [5.41, 5.74) is 1.65. The van der Waals surface area contributed by atoms with Crippen molar-refractivity contribution in [3.63, 3.8) is 0 Å². The molecule has 1 aromatic carbocycles. The fourth-order valence-corrected chi connectivity index (χ4v) is 3.31. The summed E-state index contributed by atoms with van der Waals surface area (Å²) in [5.74, 6) is 0.140. The summed E-state index contributed by atoms with van der Waals surface area (Å²) >= 11 is 0. The number of carbonyl (C=O) groups is 2. The Morgan fingerprint density at radius 1 is 1.30 bits per heavy atom. The number of para-hydroxylation sites is 1. The molecule has 0 radical (unpaired) electrons. The zero-order valence-corrected chi connectivity index (χ0v) is 15.6. The summed E-state index contributed by atoms with van der Waals surface area (Å²) in [7, 11) is 1.56. The van der Waals surface area contributed by atoms with E-state index in [0.29, 0.717) is 42.3 Å². The highest BCUT2D eigenvalue weighted by Crippen LogP contribution is 2.33. The molecule has 8 heteroatoms. The van der Waals surface area contributed by atoms with Crippen LogP contribution in [0.25, 0.3) is 0 Å². The Hall–Kier alpha value is -2.58. The monoisotopic (exact) mass is 375 g/mol. The molecule has 2 heterocycles. The van der Waals surface area contributed by atoms with Crippen molar-refractivity contribution < 1.29 is 23.8 Å². The van der Waals surface area contributed by atoms with Crippen LogP contribution in [0.3, 0.4) is 0 Å². The Morgan fingerprint density at radius 3 is 2.74 bits per heavy atom. The largest absolute Gasteiger partial charge is 0.496 e. The number of carbonyl (C=O) groups excluding carboxylic acids is 2. The fraction of sp³-hybridized carbons (Fsp3) is 0.474. The normalized spacial score (nSPS) is 20.7. The number of benzene rings is 1. The number of rotatable bonds is 6. The van der Waals surface area contributed by atoms with Crippen molar-refractivity contribution in [1.29, 1.82) is 0 Å². The van der Waals surface area contributed by atoms with Gasteiger partial charge in [0.15, 0.2) is 0 Å². The predicted octanol–water partition coefficient (Wildman–Crippen LogP) is 1.20. The summed E-state index contributed by atoms with van der Waals surface area (Å²) in [6.07, 6.45) is 0. The van der Waals surface area contributed by atoms with Gasteiger partial charge in [0.25, 0.3) is 0 Å². The Bertz CT molecular complexity index is 728. The SMILES string of the molecule is CCOC(=O)C1=C(CN2CCOCC2)NC(=O)NC1c1ccccc1OC. The van der Waals surface area contributed by atoms with E-state index in [2.05, 4.69) is 15.5 Å². The van der Waals surface area contributed by atoms with Crippen LogP contribution in [0.15, 0.2) is 35.5 Å². The van der Waals surface area contributed by atoms with Crippen molar-refractivity contribution in [3.05, 3.63) is 41.1 Å². The Balaban J connectivity index is 2.02. The van der Waals surface area contributed by atoms with Crippen LogP contribution in [-0.4, -0.2) is 63.5 Å². The van der Waals surface area contributed by atoms with Gasteiger partial charge in [-0.05, 0) is 13.0 Å². The molecular formula is C19H25N3O5. The maximum Gasteiger partial charge on any atom is 0.338 e. The molecular weight excluding hydrogens is 350 g/mol. The first-order valence-electron chi connectivity index (χ1n) is 9.04. The highest BCUT2D eigenvalue weighted by atomic mass is 16.5. The average Bonchev–Trinajstić information content (AvgIpc) is 2.68. The Morgan fingerprint density at radius 2 is 2.04 bits per heavy atom. The van der Waals surface area contributed by atoms with E-state index in [1.165, 1.54) is 0 Å². The van der Waals surface area contributed by atoms with Gasteiger partial charge < -0.3 is 24.8 Å². The zero-order chi connectivity index (χ0) is 19.2. The van der Waals surface area contributed by atoms with Crippen LogP contribution in [0.1, 0.15) is 18.5 Å². The Kier molecular flexibility index (Phi) is 6.31. The molecule has 8 nitrogen and oxygen atoms in total. The zero-order valence-electron chi connectivity index (χ0n) is 15.6. The van der Waals surface area contributed by atoms with Crippen LogP contribution in [0, 0.1) is 0 Å². The quantitative estimate of drug-likeness (QED) is 0.727. The number of methoxy groups -OCH3 is 1. The molecule has 2 aliphatic rings. The van der Waals surface area contributed by atoms with Crippen molar-refractivity contribution >= 4 is 12.0 Å². The molecule has 0 aromatic heterocycles. The standard InChI is InChI=1S/C19H25N3O5/c1-3-27-18(23)16-14(12-22-8-10-26-11-9-22)20-19(24)21-17(16)13-6-4-5-7-15(13)25-2/h4-7,17H,3,8-12H2,1-2H3,(H2,20,21,24). The van der Waals surface area contributed by atoms with E-state index in [9.17, 15) is 9.59 Å². The van der Waals surface area contributed by atoms with Gasteiger partial charge in [0.2, 0.25) is 0 Å². The minimum atomic E-state index is -0.648. The van der Waals surface area contributed by atoms with E-state index in [1.807, 2.05) is 18.2 Å². The van der Waals surface area contributed by atoms with Gasteiger partial charge in [0.1, 0.15) is 5.75 Å². The topological polar surface area (TPSA) is 89.1 Å². The fourth-order valence-electron chi connectivity index (χ4n) is 3.31. The maximum absolute atomic E-state index is 12.8. The number of morpholine rings is 1. The molecule has 1 fully saturated rings. The van der Waals surface area contributed by atoms with E-state index in [-0.39, 0.29) is 12.6 Å². The minimum absolute atomic E-state index is 0.250. The molecule has 0 bridgehead atoms.